The maximum Gasteiger partial charge on any atom is 0.200 e. The second kappa shape index (κ2) is 5.28. The predicted molar refractivity (Wildman–Crippen MR) is 75.0 cm³/mol. The van der Waals surface area contributed by atoms with Gasteiger partial charge in [0.15, 0.2) is 11.5 Å². The Kier molecular flexibility index (Phi) is 3.71. The van der Waals surface area contributed by atoms with Gasteiger partial charge in [-0.3, -0.25) is 0 Å². The van der Waals surface area contributed by atoms with Crippen LogP contribution in [0, 0.1) is 6.92 Å². The van der Waals surface area contributed by atoms with Crippen LogP contribution in [0.25, 0.3) is 0 Å². The van der Waals surface area contributed by atoms with Crippen LogP contribution in [0.3, 0.4) is 0 Å². The predicted octanol–water partition coefficient (Wildman–Crippen LogP) is 3.38. The van der Waals surface area contributed by atoms with Crippen LogP contribution < -0.4 is 5.32 Å². The third-order valence-corrected chi connectivity index (χ3v) is 3.13. The van der Waals surface area contributed by atoms with Gasteiger partial charge in [0.2, 0.25) is 5.75 Å². The van der Waals surface area contributed by atoms with Gasteiger partial charge in [0.05, 0.1) is 10.7 Å². The van der Waals surface area contributed by atoms with E-state index in [-0.39, 0.29) is 18.0 Å². The Morgan fingerprint density at radius 3 is 2.53 bits per heavy atom. The van der Waals surface area contributed by atoms with E-state index in [0.717, 1.165) is 11.3 Å². The molecule has 0 bridgehead atoms. The highest BCUT2D eigenvalue weighted by Crippen LogP contribution is 2.37. The monoisotopic (exact) mass is 279 g/mol. The average molecular weight is 280 g/mol. The summed E-state index contributed by atoms with van der Waals surface area (Å²) in [5.74, 6) is -1.21. The quantitative estimate of drug-likeness (QED) is 0.650. The van der Waals surface area contributed by atoms with Gasteiger partial charge in [-0.25, -0.2) is 0 Å². The molecule has 100 valence electrons. The number of nitrogens with one attached hydrogen (secondary N) is 1. The molecule has 0 aliphatic rings. The minimum atomic E-state index is -0.519. The summed E-state index contributed by atoms with van der Waals surface area (Å²) in [6.07, 6.45) is 0. The van der Waals surface area contributed by atoms with Gasteiger partial charge in [-0.1, -0.05) is 17.7 Å². The number of rotatable bonds is 3. The molecule has 0 aliphatic carbocycles. The van der Waals surface area contributed by atoms with Crippen molar-refractivity contribution in [2.24, 2.45) is 0 Å². The Labute approximate surface area is 115 Å². The number of hydrogen-bond acceptors (Lipinski definition) is 4. The zero-order chi connectivity index (χ0) is 14.0. The molecular weight excluding hydrogens is 266 g/mol. The van der Waals surface area contributed by atoms with Gasteiger partial charge in [-0.2, -0.15) is 0 Å². The van der Waals surface area contributed by atoms with Crippen LogP contribution in [-0.2, 0) is 6.54 Å². The number of anilines is 1. The molecule has 0 fully saturated rings. The summed E-state index contributed by atoms with van der Waals surface area (Å²) in [5, 5.41) is 32.0. The molecule has 0 saturated carbocycles. The molecule has 4 N–H and O–H groups in total. The second-order valence-electron chi connectivity index (χ2n) is 4.28. The first-order valence-corrected chi connectivity index (χ1v) is 6.09. The molecule has 2 rings (SSSR count). The van der Waals surface area contributed by atoms with E-state index in [1.165, 1.54) is 12.1 Å². The summed E-state index contributed by atoms with van der Waals surface area (Å²) in [7, 11) is 0. The van der Waals surface area contributed by atoms with Crippen molar-refractivity contribution in [2.75, 3.05) is 5.32 Å². The fourth-order valence-electron chi connectivity index (χ4n) is 1.72. The van der Waals surface area contributed by atoms with E-state index in [2.05, 4.69) is 5.32 Å². The van der Waals surface area contributed by atoms with Gasteiger partial charge in [0.1, 0.15) is 0 Å². The number of aromatic hydroxyl groups is 3. The van der Waals surface area contributed by atoms with Crippen molar-refractivity contribution in [3.05, 3.63) is 46.5 Å². The number of phenolic OH excluding ortho intramolecular Hbond substituents is 3. The first kappa shape index (κ1) is 13.4. The Hall–Kier alpha value is -2.07. The standard InChI is InChI=1S/C14H14ClNO3/c1-8-2-4-10(15)11(6-8)16-7-9-3-5-12(17)14(19)13(9)18/h2-6,16-19H,7H2,1H3. The van der Waals surface area contributed by atoms with Gasteiger partial charge >= 0.3 is 0 Å². The Morgan fingerprint density at radius 2 is 1.79 bits per heavy atom. The third-order valence-electron chi connectivity index (χ3n) is 2.80. The molecule has 0 aliphatic heterocycles. The molecule has 0 spiro atoms. The lowest BCUT2D eigenvalue weighted by atomic mass is 10.1. The second-order valence-corrected chi connectivity index (χ2v) is 4.69. The average Bonchev–Trinajstić information content (AvgIpc) is 2.39. The Balaban J connectivity index is 2.19. The topological polar surface area (TPSA) is 72.7 Å². The van der Waals surface area contributed by atoms with Crippen LogP contribution in [0.2, 0.25) is 5.02 Å². The number of benzene rings is 2. The first-order valence-electron chi connectivity index (χ1n) is 5.72. The molecule has 5 heteroatoms. The van der Waals surface area contributed by atoms with Crippen molar-refractivity contribution in [2.45, 2.75) is 13.5 Å². The van der Waals surface area contributed by atoms with Crippen molar-refractivity contribution in [3.8, 4) is 17.2 Å². The number of halogens is 1. The maximum atomic E-state index is 9.70. The minimum absolute atomic E-state index is 0.281. The summed E-state index contributed by atoms with van der Waals surface area (Å²) in [6, 6.07) is 8.43. The highest BCUT2D eigenvalue weighted by Gasteiger charge is 2.11. The Bertz CT molecular complexity index is 614. The fraction of sp³-hybridized carbons (Fsp3) is 0.143. The summed E-state index contributed by atoms with van der Waals surface area (Å²) >= 11 is 6.04. The molecule has 2 aromatic rings. The molecule has 0 atom stereocenters. The first-order chi connectivity index (χ1) is 8.99. The highest BCUT2D eigenvalue weighted by molar-refractivity contribution is 6.33. The van der Waals surface area contributed by atoms with E-state index in [1.54, 1.807) is 6.07 Å². The normalized spacial score (nSPS) is 10.4. The summed E-state index contributed by atoms with van der Waals surface area (Å²) < 4.78 is 0. The smallest absolute Gasteiger partial charge is 0.200 e. The number of phenols is 3. The van der Waals surface area contributed by atoms with Crippen LogP contribution in [0.15, 0.2) is 30.3 Å². The molecule has 0 aromatic heterocycles. The van der Waals surface area contributed by atoms with Crippen LogP contribution in [-0.4, -0.2) is 15.3 Å². The third kappa shape index (κ3) is 2.85. The van der Waals surface area contributed by atoms with Gasteiger partial charge in [0.25, 0.3) is 0 Å². The van der Waals surface area contributed by atoms with Gasteiger partial charge in [0, 0.05) is 12.1 Å². The van der Waals surface area contributed by atoms with Crippen molar-refractivity contribution in [3.63, 3.8) is 0 Å². The van der Waals surface area contributed by atoms with Crippen LogP contribution >= 0.6 is 11.6 Å². The van der Waals surface area contributed by atoms with Crippen molar-refractivity contribution in [1.82, 2.24) is 0 Å². The SMILES string of the molecule is Cc1ccc(Cl)c(NCc2ccc(O)c(O)c2O)c1. The molecule has 0 unspecified atom stereocenters. The van der Waals surface area contributed by atoms with E-state index >= 15 is 0 Å². The Morgan fingerprint density at radius 1 is 1.05 bits per heavy atom. The van der Waals surface area contributed by atoms with Crippen molar-refractivity contribution < 1.29 is 15.3 Å². The van der Waals surface area contributed by atoms with E-state index in [4.69, 9.17) is 11.6 Å². The molecular formula is C14H14ClNO3. The molecule has 0 heterocycles. The fourth-order valence-corrected chi connectivity index (χ4v) is 1.90. The zero-order valence-corrected chi connectivity index (χ0v) is 11.1. The summed E-state index contributed by atoms with van der Waals surface area (Å²) in [4.78, 5) is 0. The highest BCUT2D eigenvalue weighted by atomic mass is 35.5. The van der Waals surface area contributed by atoms with Crippen LogP contribution in [0.1, 0.15) is 11.1 Å². The zero-order valence-electron chi connectivity index (χ0n) is 10.3. The molecule has 0 amide bonds. The van der Waals surface area contributed by atoms with E-state index < -0.39 is 5.75 Å². The van der Waals surface area contributed by atoms with Crippen LogP contribution in [0.4, 0.5) is 5.69 Å². The summed E-state index contributed by atoms with van der Waals surface area (Å²) in [5.41, 5.74) is 2.27. The van der Waals surface area contributed by atoms with Gasteiger partial charge in [-0.15, -0.1) is 0 Å². The van der Waals surface area contributed by atoms with Crippen molar-refractivity contribution in [1.29, 1.82) is 0 Å². The van der Waals surface area contributed by atoms with E-state index in [9.17, 15) is 15.3 Å². The van der Waals surface area contributed by atoms with Gasteiger partial charge < -0.3 is 20.6 Å². The molecule has 2 aromatic carbocycles. The molecule has 0 saturated heterocycles. The van der Waals surface area contributed by atoms with Crippen molar-refractivity contribution >= 4 is 17.3 Å². The van der Waals surface area contributed by atoms with Crippen LogP contribution in [0.5, 0.6) is 17.2 Å². The maximum absolute atomic E-state index is 9.70. The van der Waals surface area contributed by atoms with Gasteiger partial charge in [-0.05, 0) is 36.8 Å². The number of aryl methyl sites for hydroxylation is 1. The molecule has 19 heavy (non-hydrogen) atoms. The van der Waals surface area contributed by atoms with E-state index in [1.807, 2.05) is 19.1 Å². The van der Waals surface area contributed by atoms with E-state index in [0.29, 0.717) is 10.6 Å². The lowest BCUT2D eigenvalue weighted by Crippen LogP contribution is -2.00. The molecule has 0 radical (unpaired) electrons. The number of hydrogen-bond donors (Lipinski definition) is 4. The largest absolute Gasteiger partial charge is 0.504 e. The summed E-state index contributed by atoms with van der Waals surface area (Å²) in [6.45, 7) is 2.23. The lowest BCUT2D eigenvalue weighted by molar-refractivity contribution is 0.365. The molecule has 4 nitrogen and oxygen atoms in total. The minimum Gasteiger partial charge on any atom is -0.504 e. The lowest BCUT2D eigenvalue weighted by Gasteiger charge is -2.11.